The molecule has 2 heteroatoms. The average molecular weight is 274 g/mol. The van der Waals surface area contributed by atoms with E-state index in [2.05, 4.69) is 38.1 Å². The molecule has 2 aromatic rings. The first-order valence-electron chi connectivity index (χ1n) is 6.56. The monoisotopic (exact) mass is 273 g/mol. The minimum Gasteiger partial charge on any atom is -0.324 e. The van der Waals surface area contributed by atoms with Crippen molar-refractivity contribution in [1.82, 2.24) is 0 Å². The SMILES string of the molecule is Cc1cccc(C)c1CC(N)c1cccc(Cl)c1C. The van der Waals surface area contributed by atoms with E-state index in [4.69, 9.17) is 17.3 Å². The fourth-order valence-corrected chi connectivity index (χ4v) is 2.71. The fraction of sp³-hybridized carbons (Fsp3) is 0.294. The summed E-state index contributed by atoms with van der Waals surface area (Å²) >= 11 is 6.17. The largest absolute Gasteiger partial charge is 0.324 e. The third kappa shape index (κ3) is 2.99. The van der Waals surface area contributed by atoms with Crippen molar-refractivity contribution in [3.8, 4) is 0 Å². The maximum atomic E-state index is 6.38. The van der Waals surface area contributed by atoms with Crippen molar-refractivity contribution in [3.63, 3.8) is 0 Å². The van der Waals surface area contributed by atoms with E-state index in [9.17, 15) is 0 Å². The third-order valence-corrected chi connectivity index (χ3v) is 4.19. The summed E-state index contributed by atoms with van der Waals surface area (Å²) < 4.78 is 0. The number of halogens is 1. The predicted molar refractivity (Wildman–Crippen MR) is 82.7 cm³/mol. The molecule has 0 saturated carbocycles. The average Bonchev–Trinajstić information content (AvgIpc) is 2.37. The lowest BCUT2D eigenvalue weighted by molar-refractivity contribution is 0.710. The van der Waals surface area contributed by atoms with Crippen LogP contribution in [0.5, 0.6) is 0 Å². The van der Waals surface area contributed by atoms with Crippen LogP contribution in [0.4, 0.5) is 0 Å². The highest BCUT2D eigenvalue weighted by Crippen LogP contribution is 2.26. The van der Waals surface area contributed by atoms with Gasteiger partial charge in [-0.3, -0.25) is 0 Å². The molecule has 100 valence electrons. The first kappa shape index (κ1) is 14.1. The Balaban J connectivity index is 2.31. The van der Waals surface area contributed by atoms with Gasteiger partial charge < -0.3 is 5.73 Å². The van der Waals surface area contributed by atoms with Crippen molar-refractivity contribution in [2.24, 2.45) is 5.73 Å². The third-order valence-electron chi connectivity index (χ3n) is 3.78. The number of nitrogens with two attached hydrogens (primary N) is 1. The predicted octanol–water partition coefficient (Wildman–Crippen LogP) is 4.51. The van der Waals surface area contributed by atoms with Gasteiger partial charge in [0.1, 0.15) is 0 Å². The Labute approximate surface area is 120 Å². The summed E-state index contributed by atoms with van der Waals surface area (Å²) in [7, 11) is 0. The molecule has 1 nitrogen and oxygen atoms in total. The summed E-state index contributed by atoms with van der Waals surface area (Å²) in [4.78, 5) is 0. The van der Waals surface area contributed by atoms with E-state index in [-0.39, 0.29) is 6.04 Å². The van der Waals surface area contributed by atoms with Gasteiger partial charge in [0, 0.05) is 11.1 Å². The van der Waals surface area contributed by atoms with Gasteiger partial charge in [-0.05, 0) is 61.1 Å². The van der Waals surface area contributed by atoms with Gasteiger partial charge in [0.25, 0.3) is 0 Å². The molecule has 2 aromatic carbocycles. The Morgan fingerprint density at radius 3 is 2.21 bits per heavy atom. The minimum atomic E-state index is -0.0153. The number of aryl methyl sites for hydroxylation is 2. The fourth-order valence-electron chi connectivity index (χ4n) is 2.53. The Bertz CT molecular complexity index is 570. The second kappa shape index (κ2) is 5.77. The van der Waals surface area contributed by atoms with Crippen molar-refractivity contribution in [2.45, 2.75) is 33.2 Å². The molecule has 0 aromatic heterocycles. The normalized spacial score (nSPS) is 12.5. The van der Waals surface area contributed by atoms with Crippen molar-refractivity contribution in [2.75, 3.05) is 0 Å². The molecule has 0 amide bonds. The molecule has 0 heterocycles. The molecule has 1 atom stereocenters. The van der Waals surface area contributed by atoms with E-state index in [0.29, 0.717) is 0 Å². The smallest absolute Gasteiger partial charge is 0.0438 e. The first-order chi connectivity index (χ1) is 9.00. The van der Waals surface area contributed by atoms with E-state index in [1.54, 1.807) is 0 Å². The molecule has 0 spiro atoms. The van der Waals surface area contributed by atoms with Gasteiger partial charge in [-0.15, -0.1) is 0 Å². The summed E-state index contributed by atoms with van der Waals surface area (Å²) in [6, 6.07) is 12.3. The van der Waals surface area contributed by atoms with Gasteiger partial charge in [0.05, 0.1) is 0 Å². The second-order valence-corrected chi connectivity index (χ2v) is 5.54. The molecule has 2 N–H and O–H groups in total. The van der Waals surface area contributed by atoms with Gasteiger partial charge in [-0.2, -0.15) is 0 Å². The molecular weight excluding hydrogens is 254 g/mol. The lowest BCUT2D eigenvalue weighted by Gasteiger charge is -2.18. The summed E-state index contributed by atoms with van der Waals surface area (Å²) in [6.07, 6.45) is 0.847. The standard InChI is InChI=1S/C17H20ClN/c1-11-6-4-7-12(2)15(11)10-17(19)14-8-5-9-16(18)13(14)3/h4-9,17H,10,19H2,1-3H3. The Morgan fingerprint density at radius 1 is 1.00 bits per heavy atom. The molecule has 19 heavy (non-hydrogen) atoms. The summed E-state index contributed by atoms with van der Waals surface area (Å²) in [5.41, 5.74) is 12.5. The zero-order valence-corrected chi connectivity index (χ0v) is 12.5. The summed E-state index contributed by atoms with van der Waals surface area (Å²) in [6.45, 7) is 6.31. The van der Waals surface area contributed by atoms with Gasteiger partial charge >= 0.3 is 0 Å². The van der Waals surface area contributed by atoms with Crippen LogP contribution in [0.3, 0.4) is 0 Å². The highest BCUT2D eigenvalue weighted by molar-refractivity contribution is 6.31. The van der Waals surface area contributed by atoms with Crippen LogP contribution in [0.15, 0.2) is 36.4 Å². The van der Waals surface area contributed by atoms with E-state index in [1.165, 1.54) is 16.7 Å². The van der Waals surface area contributed by atoms with Crippen LogP contribution in [0.1, 0.15) is 33.9 Å². The highest BCUT2D eigenvalue weighted by Gasteiger charge is 2.13. The van der Waals surface area contributed by atoms with Crippen LogP contribution < -0.4 is 5.73 Å². The molecular formula is C17H20ClN. The van der Waals surface area contributed by atoms with Crippen molar-refractivity contribution >= 4 is 11.6 Å². The van der Waals surface area contributed by atoms with E-state index in [1.807, 2.05) is 19.1 Å². The number of hydrogen-bond donors (Lipinski definition) is 1. The van der Waals surface area contributed by atoms with Crippen LogP contribution in [0, 0.1) is 20.8 Å². The molecule has 0 radical (unpaired) electrons. The van der Waals surface area contributed by atoms with Crippen LogP contribution in [0.2, 0.25) is 5.02 Å². The maximum Gasteiger partial charge on any atom is 0.0438 e. The van der Waals surface area contributed by atoms with Crippen LogP contribution >= 0.6 is 11.6 Å². The van der Waals surface area contributed by atoms with E-state index < -0.39 is 0 Å². The zero-order valence-electron chi connectivity index (χ0n) is 11.7. The Kier molecular flexibility index (Phi) is 4.28. The van der Waals surface area contributed by atoms with Crippen molar-refractivity contribution < 1.29 is 0 Å². The summed E-state index contributed by atoms with van der Waals surface area (Å²) in [5.74, 6) is 0. The van der Waals surface area contributed by atoms with Crippen LogP contribution in [0.25, 0.3) is 0 Å². The molecule has 0 aliphatic heterocycles. The number of benzene rings is 2. The Morgan fingerprint density at radius 2 is 1.58 bits per heavy atom. The minimum absolute atomic E-state index is 0.0153. The first-order valence-corrected chi connectivity index (χ1v) is 6.94. The number of hydrogen-bond acceptors (Lipinski definition) is 1. The summed E-state index contributed by atoms with van der Waals surface area (Å²) in [5, 5.41) is 0.787. The second-order valence-electron chi connectivity index (χ2n) is 5.14. The zero-order chi connectivity index (χ0) is 14.0. The highest BCUT2D eigenvalue weighted by atomic mass is 35.5. The lowest BCUT2D eigenvalue weighted by atomic mass is 9.92. The van der Waals surface area contributed by atoms with E-state index in [0.717, 1.165) is 22.6 Å². The van der Waals surface area contributed by atoms with Gasteiger partial charge in [0.2, 0.25) is 0 Å². The molecule has 0 saturated heterocycles. The van der Waals surface area contributed by atoms with Gasteiger partial charge in [-0.25, -0.2) is 0 Å². The van der Waals surface area contributed by atoms with Crippen molar-refractivity contribution in [1.29, 1.82) is 0 Å². The molecule has 0 bridgehead atoms. The van der Waals surface area contributed by atoms with Gasteiger partial charge in [-0.1, -0.05) is 41.9 Å². The molecule has 0 aliphatic carbocycles. The molecule has 0 fully saturated rings. The Hall–Kier alpha value is -1.31. The maximum absolute atomic E-state index is 6.38. The van der Waals surface area contributed by atoms with Crippen LogP contribution in [-0.4, -0.2) is 0 Å². The quantitative estimate of drug-likeness (QED) is 0.875. The lowest BCUT2D eigenvalue weighted by Crippen LogP contribution is -2.16. The molecule has 1 unspecified atom stereocenters. The molecule has 0 aliphatic rings. The van der Waals surface area contributed by atoms with Crippen LogP contribution in [-0.2, 0) is 6.42 Å². The topological polar surface area (TPSA) is 26.0 Å². The van der Waals surface area contributed by atoms with E-state index >= 15 is 0 Å². The van der Waals surface area contributed by atoms with Crippen molar-refractivity contribution in [3.05, 3.63) is 69.2 Å². The van der Waals surface area contributed by atoms with Gasteiger partial charge in [0.15, 0.2) is 0 Å². The number of rotatable bonds is 3. The molecule has 2 rings (SSSR count).